The summed E-state index contributed by atoms with van der Waals surface area (Å²) in [5.74, 6) is 0. The van der Waals surface area contributed by atoms with E-state index in [0.717, 1.165) is 6.54 Å². The van der Waals surface area contributed by atoms with Gasteiger partial charge < -0.3 is 10.2 Å². The van der Waals surface area contributed by atoms with E-state index in [1.807, 2.05) is 0 Å². The molecule has 0 aliphatic carbocycles. The predicted octanol–water partition coefficient (Wildman–Crippen LogP) is 7.96. The fourth-order valence-electron chi connectivity index (χ4n) is 4.05. The van der Waals surface area contributed by atoms with E-state index in [1.165, 1.54) is 142 Å². The quantitative estimate of drug-likeness (QED) is 0.166. The Morgan fingerprint density at radius 1 is 0.429 bits per heavy atom. The zero-order chi connectivity index (χ0) is 20.5. The van der Waals surface area contributed by atoms with Gasteiger partial charge in [-0.1, -0.05) is 130 Å². The minimum atomic E-state index is 1.15. The topological polar surface area (TPSA) is 15.3 Å². The molecule has 0 rings (SSSR count). The Morgan fingerprint density at radius 2 is 0.786 bits per heavy atom. The van der Waals surface area contributed by atoms with Gasteiger partial charge in [0.25, 0.3) is 0 Å². The van der Waals surface area contributed by atoms with Crippen LogP contribution in [0.1, 0.15) is 136 Å². The highest BCUT2D eigenvalue weighted by Gasteiger charge is 1.98. The Labute approximate surface area is 179 Å². The molecule has 0 amide bonds. The molecule has 2 nitrogen and oxygen atoms in total. The van der Waals surface area contributed by atoms with Crippen LogP contribution in [0.2, 0.25) is 0 Å². The van der Waals surface area contributed by atoms with E-state index in [1.54, 1.807) is 0 Å². The standard InChI is InChI=1S/C26H56N2/c1-4-7-8-9-10-11-12-13-14-15-16-17-18-19-20-21-22-23-24-27-25-26-28(5-2)6-3/h27H,4-26H2,1-3H3. The van der Waals surface area contributed by atoms with Gasteiger partial charge in [0.05, 0.1) is 0 Å². The SMILES string of the molecule is CCCCCCCCCCCCCCCCCCCCNCCN(CC)CC. The van der Waals surface area contributed by atoms with Crippen molar-refractivity contribution in [2.45, 2.75) is 136 Å². The first-order chi connectivity index (χ1) is 13.8. The molecule has 0 fully saturated rings. The smallest absolute Gasteiger partial charge is 0.0107 e. The molecule has 0 unspecified atom stereocenters. The van der Waals surface area contributed by atoms with Crippen molar-refractivity contribution in [3.8, 4) is 0 Å². The van der Waals surface area contributed by atoms with Crippen LogP contribution in [0.15, 0.2) is 0 Å². The van der Waals surface area contributed by atoms with E-state index < -0.39 is 0 Å². The van der Waals surface area contributed by atoms with Crippen molar-refractivity contribution in [1.29, 1.82) is 0 Å². The molecule has 0 radical (unpaired) electrons. The van der Waals surface area contributed by atoms with Crippen LogP contribution in [0.3, 0.4) is 0 Å². The van der Waals surface area contributed by atoms with Crippen LogP contribution in [0.4, 0.5) is 0 Å². The molecule has 0 spiro atoms. The van der Waals surface area contributed by atoms with Crippen molar-refractivity contribution in [3.05, 3.63) is 0 Å². The minimum Gasteiger partial charge on any atom is -0.315 e. The van der Waals surface area contributed by atoms with Crippen LogP contribution in [0, 0.1) is 0 Å². The summed E-state index contributed by atoms with van der Waals surface area (Å²) in [6, 6.07) is 0. The van der Waals surface area contributed by atoms with E-state index in [4.69, 9.17) is 0 Å². The maximum absolute atomic E-state index is 3.60. The summed E-state index contributed by atoms with van der Waals surface area (Å²) in [7, 11) is 0. The van der Waals surface area contributed by atoms with Gasteiger partial charge in [-0.2, -0.15) is 0 Å². The third-order valence-corrected chi connectivity index (χ3v) is 6.21. The summed E-state index contributed by atoms with van der Waals surface area (Å²) in [6.07, 6.45) is 26.2. The van der Waals surface area contributed by atoms with Crippen molar-refractivity contribution in [2.24, 2.45) is 0 Å². The lowest BCUT2D eigenvalue weighted by Crippen LogP contribution is -2.32. The Balaban J connectivity index is 3.03. The molecule has 170 valence electrons. The molecule has 0 aromatic carbocycles. The zero-order valence-electron chi connectivity index (χ0n) is 20.2. The highest BCUT2D eigenvalue weighted by atomic mass is 15.1. The molecule has 0 aliphatic rings. The van der Waals surface area contributed by atoms with Crippen molar-refractivity contribution in [3.63, 3.8) is 0 Å². The van der Waals surface area contributed by atoms with Gasteiger partial charge in [0.1, 0.15) is 0 Å². The van der Waals surface area contributed by atoms with Crippen molar-refractivity contribution in [1.82, 2.24) is 10.2 Å². The van der Waals surface area contributed by atoms with Crippen LogP contribution in [0.25, 0.3) is 0 Å². The normalized spacial score (nSPS) is 11.6. The molecule has 0 saturated heterocycles. The number of likely N-dealkylation sites (N-methyl/N-ethyl adjacent to an activating group) is 1. The summed E-state index contributed by atoms with van der Waals surface area (Å²) in [4.78, 5) is 2.49. The van der Waals surface area contributed by atoms with E-state index in [9.17, 15) is 0 Å². The van der Waals surface area contributed by atoms with Gasteiger partial charge >= 0.3 is 0 Å². The summed E-state index contributed by atoms with van der Waals surface area (Å²) >= 11 is 0. The summed E-state index contributed by atoms with van der Waals surface area (Å²) in [5.41, 5.74) is 0. The Morgan fingerprint density at radius 3 is 1.14 bits per heavy atom. The first-order valence-corrected chi connectivity index (χ1v) is 13.3. The van der Waals surface area contributed by atoms with Gasteiger partial charge in [0.15, 0.2) is 0 Å². The summed E-state index contributed by atoms with van der Waals surface area (Å²) in [6.45, 7) is 12.7. The largest absolute Gasteiger partial charge is 0.315 e. The molecule has 0 atom stereocenters. The van der Waals surface area contributed by atoms with Crippen molar-refractivity contribution in [2.75, 3.05) is 32.7 Å². The molecule has 1 N–H and O–H groups in total. The average molecular weight is 397 g/mol. The highest BCUT2D eigenvalue weighted by Crippen LogP contribution is 2.14. The van der Waals surface area contributed by atoms with Gasteiger partial charge in [-0.15, -0.1) is 0 Å². The molecule has 28 heavy (non-hydrogen) atoms. The van der Waals surface area contributed by atoms with Crippen molar-refractivity contribution < 1.29 is 0 Å². The summed E-state index contributed by atoms with van der Waals surface area (Å²) < 4.78 is 0. The lowest BCUT2D eigenvalue weighted by Gasteiger charge is -2.17. The number of nitrogens with zero attached hydrogens (tertiary/aromatic N) is 1. The van der Waals surface area contributed by atoms with Crippen LogP contribution in [-0.2, 0) is 0 Å². The Bertz CT molecular complexity index is 263. The second-order valence-corrected chi connectivity index (χ2v) is 8.79. The number of nitrogens with one attached hydrogen (secondary N) is 1. The molecule has 2 heteroatoms. The van der Waals surface area contributed by atoms with Crippen LogP contribution >= 0.6 is 0 Å². The van der Waals surface area contributed by atoms with Gasteiger partial charge in [-0.25, -0.2) is 0 Å². The first kappa shape index (κ1) is 27.9. The highest BCUT2D eigenvalue weighted by molar-refractivity contribution is 4.56. The molecule has 0 aromatic heterocycles. The number of unbranched alkanes of at least 4 members (excludes halogenated alkanes) is 17. The van der Waals surface area contributed by atoms with Gasteiger partial charge in [0, 0.05) is 13.1 Å². The molecule has 0 bridgehead atoms. The number of hydrogen-bond donors (Lipinski definition) is 1. The van der Waals surface area contributed by atoms with E-state index in [-0.39, 0.29) is 0 Å². The molecular formula is C26H56N2. The van der Waals surface area contributed by atoms with E-state index in [0.29, 0.717) is 0 Å². The Hall–Kier alpha value is -0.0800. The van der Waals surface area contributed by atoms with Gasteiger partial charge in [-0.3, -0.25) is 0 Å². The maximum atomic E-state index is 3.60. The van der Waals surface area contributed by atoms with Crippen LogP contribution in [-0.4, -0.2) is 37.6 Å². The maximum Gasteiger partial charge on any atom is 0.0107 e. The summed E-state index contributed by atoms with van der Waals surface area (Å²) in [5, 5.41) is 3.60. The molecule has 0 heterocycles. The Kier molecular flexibility index (Phi) is 24.9. The number of hydrogen-bond acceptors (Lipinski definition) is 2. The minimum absolute atomic E-state index is 1.15. The second kappa shape index (κ2) is 25.0. The monoisotopic (exact) mass is 396 g/mol. The molecular weight excluding hydrogens is 340 g/mol. The molecule has 0 saturated carbocycles. The van der Waals surface area contributed by atoms with Crippen LogP contribution < -0.4 is 5.32 Å². The first-order valence-electron chi connectivity index (χ1n) is 13.3. The van der Waals surface area contributed by atoms with E-state index in [2.05, 4.69) is 31.0 Å². The lowest BCUT2D eigenvalue weighted by molar-refractivity contribution is 0.302. The van der Waals surface area contributed by atoms with Crippen LogP contribution in [0.5, 0.6) is 0 Å². The van der Waals surface area contributed by atoms with Gasteiger partial charge in [0.2, 0.25) is 0 Å². The second-order valence-electron chi connectivity index (χ2n) is 8.79. The third kappa shape index (κ3) is 22.2. The number of rotatable bonds is 24. The van der Waals surface area contributed by atoms with Crippen molar-refractivity contribution >= 4 is 0 Å². The lowest BCUT2D eigenvalue weighted by atomic mass is 10.0. The fourth-order valence-corrected chi connectivity index (χ4v) is 4.05. The average Bonchev–Trinajstić information content (AvgIpc) is 2.72. The predicted molar refractivity (Wildman–Crippen MR) is 129 cm³/mol. The molecule has 0 aliphatic heterocycles. The zero-order valence-corrected chi connectivity index (χ0v) is 20.2. The van der Waals surface area contributed by atoms with E-state index >= 15 is 0 Å². The fraction of sp³-hybridized carbons (Fsp3) is 1.00. The third-order valence-electron chi connectivity index (χ3n) is 6.21. The van der Waals surface area contributed by atoms with Gasteiger partial charge in [-0.05, 0) is 26.1 Å². The molecule has 0 aromatic rings.